The Bertz CT molecular complexity index is 471. The van der Waals surface area contributed by atoms with Gasteiger partial charge >= 0.3 is 0 Å². The molecule has 0 unspecified atom stereocenters. The van der Waals surface area contributed by atoms with Crippen LogP contribution < -0.4 is 5.73 Å². The number of thioether (sulfide) groups is 1. The summed E-state index contributed by atoms with van der Waals surface area (Å²) in [4.78, 5) is 15.3. The van der Waals surface area contributed by atoms with Crippen LogP contribution in [0.3, 0.4) is 0 Å². The summed E-state index contributed by atoms with van der Waals surface area (Å²) >= 11 is 1.62. The molecule has 0 saturated carbocycles. The SMILES string of the molecule is CC(C)(C)c1ccc(SCC(=O)N2CCC(N)CC2)cc1. The number of carbonyl (C=O) groups is 1. The van der Waals surface area contributed by atoms with E-state index in [9.17, 15) is 4.79 Å². The van der Waals surface area contributed by atoms with Crippen molar-refractivity contribution in [1.29, 1.82) is 0 Å². The van der Waals surface area contributed by atoms with Gasteiger partial charge in [-0.2, -0.15) is 0 Å². The zero-order chi connectivity index (χ0) is 15.5. The van der Waals surface area contributed by atoms with Crippen molar-refractivity contribution < 1.29 is 4.79 Å². The Morgan fingerprint density at radius 2 is 1.81 bits per heavy atom. The second-order valence-electron chi connectivity index (χ2n) is 6.78. The van der Waals surface area contributed by atoms with Crippen molar-refractivity contribution in [2.24, 2.45) is 5.73 Å². The Kier molecular flexibility index (Phi) is 5.33. The molecule has 4 heteroatoms. The Balaban J connectivity index is 1.84. The lowest BCUT2D eigenvalue weighted by Gasteiger charge is -2.30. The fraction of sp³-hybridized carbons (Fsp3) is 0.588. The number of hydrogen-bond acceptors (Lipinski definition) is 3. The van der Waals surface area contributed by atoms with Gasteiger partial charge < -0.3 is 10.6 Å². The Labute approximate surface area is 132 Å². The lowest BCUT2D eigenvalue weighted by molar-refractivity contribution is -0.129. The van der Waals surface area contributed by atoms with Gasteiger partial charge in [0.25, 0.3) is 0 Å². The zero-order valence-corrected chi connectivity index (χ0v) is 14.1. The molecule has 2 rings (SSSR count). The largest absolute Gasteiger partial charge is 0.342 e. The maximum atomic E-state index is 12.2. The molecule has 1 fully saturated rings. The molecule has 116 valence electrons. The van der Waals surface area contributed by atoms with Gasteiger partial charge in [0.05, 0.1) is 5.75 Å². The Morgan fingerprint density at radius 1 is 1.24 bits per heavy atom. The highest BCUT2D eigenvalue weighted by atomic mass is 32.2. The van der Waals surface area contributed by atoms with Gasteiger partial charge in [-0.25, -0.2) is 0 Å². The van der Waals surface area contributed by atoms with Crippen molar-refractivity contribution in [3.63, 3.8) is 0 Å². The summed E-state index contributed by atoms with van der Waals surface area (Å²) in [6.45, 7) is 8.24. The number of nitrogens with two attached hydrogens (primary N) is 1. The van der Waals surface area contributed by atoms with Crippen molar-refractivity contribution in [3.8, 4) is 0 Å². The highest BCUT2D eigenvalue weighted by Crippen LogP contribution is 2.26. The van der Waals surface area contributed by atoms with E-state index in [2.05, 4.69) is 45.0 Å². The highest BCUT2D eigenvalue weighted by molar-refractivity contribution is 8.00. The molecular weight excluding hydrogens is 280 g/mol. The molecule has 0 aromatic heterocycles. The zero-order valence-electron chi connectivity index (χ0n) is 13.3. The number of rotatable bonds is 3. The third-order valence-corrected chi connectivity index (χ3v) is 4.97. The minimum Gasteiger partial charge on any atom is -0.342 e. The average Bonchev–Trinajstić information content (AvgIpc) is 2.45. The van der Waals surface area contributed by atoms with Crippen LogP contribution in [0.1, 0.15) is 39.2 Å². The quantitative estimate of drug-likeness (QED) is 0.873. The van der Waals surface area contributed by atoms with Gasteiger partial charge in [0.1, 0.15) is 0 Å². The fourth-order valence-corrected chi connectivity index (χ4v) is 3.24. The van der Waals surface area contributed by atoms with E-state index >= 15 is 0 Å². The van der Waals surface area contributed by atoms with Crippen LogP contribution in [0.2, 0.25) is 0 Å². The number of carbonyl (C=O) groups excluding carboxylic acids is 1. The van der Waals surface area contributed by atoms with E-state index < -0.39 is 0 Å². The number of nitrogens with zero attached hydrogens (tertiary/aromatic N) is 1. The fourth-order valence-electron chi connectivity index (χ4n) is 2.44. The maximum Gasteiger partial charge on any atom is 0.232 e. The molecule has 1 aliphatic rings. The lowest BCUT2D eigenvalue weighted by atomic mass is 9.87. The van der Waals surface area contributed by atoms with Crippen molar-refractivity contribution in [3.05, 3.63) is 29.8 Å². The summed E-state index contributed by atoms with van der Waals surface area (Å²) in [5, 5.41) is 0. The van der Waals surface area contributed by atoms with Gasteiger partial charge in [0.2, 0.25) is 5.91 Å². The van der Waals surface area contributed by atoms with Crippen LogP contribution in [0.15, 0.2) is 29.2 Å². The molecule has 1 saturated heterocycles. The molecule has 3 nitrogen and oxygen atoms in total. The predicted octanol–water partition coefficient (Wildman–Crippen LogP) is 3.03. The molecule has 2 N–H and O–H groups in total. The molecule has 0 spiro atoms. The van der Waals surface area contributed by atoms with Crippen LogP contribution in [0, 0.1) is 0 Å². The van der Waals surface area contributed by atoms with Crippen molar-refractivity contribution >= 4 is 17.7 Å². The number of benzene rings is 1. The first kappa shape index (κ1) is 16.4. The normalized spacial score (nSPS) is 17.0. The van der Waals surface area contributed by atoms with Gasteiger partial charge in [-0.15, -0.1) is 11.8 Å². The first-order chi connectivity index (χ1) is 9.86. The number of amides is 1. The standard InChI is InChI=1S/C17H26N2OS/c1-17(2,3)13-4-6-15(7-5-13)21-12-16(20)19-10-8-14(18)9-11-19/h4-7,14H,8-12,18H2,1-3H3. The molecule has 0 atom stereocenters. The van der Waals surface area contributed by atoms with Gasteiger partial charge in [0.15, 0.2) is 0 Å². The van der Waals surface area contributed by atoms with Crippen LogP contribution in [0.4, 0.5) is 0 Å². The third-order valence-electron chi connectivity index (χ3n) is 3.97. The minimum atomic E-state index is 0.172. The Morgan fingerprint density at radius 3 is 2.33 bits per heavy atom. The molecule has 0 radical (unpaired) electrons. The summed E-state index contributed by atoms with van der Waals surface area (Å²) in [6.07, 6.45) is 1.85. The van der Waals surface area contributed by atoms with Crippen molar-refractivity contribution in [2.45, 2.75) is 50.0 Å². The number of hydrogen-bond donors (Lipinski definition) is 1. The predicted molar refractivity (Wildman–Crippen MR) is 89.7 cm³/mol. The van der Waals surface area contributed by atoms with E-state index in [1.165, 1.54) is 5.56 Å². The van der Waals surface area contributed by atoms with Crippen molar-refractivity contribution in [1.82, 2.24) is 4.90 Å². The Hall–Kier alpha value is -1.00. The first-order valence-electron chi connectivity index (χ1n) is 7.63. The van der Waals surface area contributed by atoms with Crippen molar-refractivity contribution in [2.75, 3.05) is 18.8 Å². The molecule has 1 aromatic carbocycles. The van der Waals surface area contributed by atoms with Gasteiger partial charge in [0, 0.05) is 24.0 Å². The molecule has 1 amide bonds. The van der Waals surface area contributed by atoms with Crippen LogP contribution in [0.5, 0.6) is 0 Å². The summed E-state index contributed by atoms with van der Waals surface area (Å²) < 4.78 is 0. The molecule has 21 heavy (non-hydrogen) atoms. The summed E-state index contributed by atoms with van der Waals surface area (Å²) in [6, 6.07) is 8.82. The lowest BCUT2D eigenvalue weighted by Crippen LogP contribution is -2.43. The molecule has 1 aliphatic heterocycles. The molecule has 1 aromatic rings. The summed E-state index contributed by atoms with van der Waals surface area (Å²) in [5.41, 5.74) is 7.36. The average molecular weight is 306 g/mol. The molecule has 0 aliphatic carbocycles. The summed E-state index contributed by atoms with van der Waals surface area (Å²) in [7, 11) is 0. The maximum absolute atomic E-state index is 12.2. The van der Waals surface area contributed by atoms with E-state index in [0.717, 1.165) is 30.8 Å². The van der Waals surface area contributed by atoms with Gasteiger partial charge in [-0.05, 0) is 36.0 Å². The number of likely N-dealkylation sites (tertiary alicyclic amines) is 1. The summed E-state index contributed by atoms with van der Waals surface area (Å²) in [5.74, 6) is 0.746. The molecular formula is C17H26N2OS. The van der Waals surface area contributed by atoms with Crippen LogP contribution in [-0.2, 0) is 10.2 Å². The van der Waals surface area contributed by atoms with E-state index in [-0.39, 0.29) is 17.4 Å². The van der Waals surface area contributed by atoms with Crippen LogP contribution >= 0.6 is 11.8 Å². The highest BCUT2D eigenvalue weighted by Gasteiger charge is 2.20. The smallest absolute Gasteiger partial charge is 0.232 e. The van der Waals surface area contributed by atoms with E-state index in [1.807, 2.05) is 4.90 Å². The first-order valence-corrected chi connectivity index (χ1v) is 8.61. The van der Waals surface area contributed by atoms with E-state index in [0.29, 0.717) is 5.75 Å². The van der Waals surface area contributed by atoms with Gasteiger partial charge in [-0.1, -0.05) is 32.9 Å². The van der Waals surface area contributed by atoms with E-state index in [1.54, 1.807) is 11.8 Å². The second-order valence-corrected chi connectivity index (χ2v) is 7.83. The minimum absolute atomic E-state index is 0.172. The molecule has 1 heterocycles. The van der Waals surface area contributed by atoms with E-state index in [4.69, 9.17) is 5.73 Å². The monoisotopic (exact) mass is 306 g/mol. The third kappa shape index (κ3) is 4.75. The second kappa shape index (κ2) is 6.84. The van der Waals surface area contributed by atoms with Crippen LogP contribution in [-0.4, -0.2) is 35.7 Å². The number of piperidine rings is 1. The van der Waals surface area contributed by atoms with Gasteiger partial charge in [-0.3, -0.25) is 4.79 Å². The molecule has 0 bridgehead atoms. The van der Waals surface area contributed by atoms with Crippen LogP contribution in [0.25, 0.3) is 0 Å². The topological polar surface area (TPSA) is 46.3 Å².